The summed E-state index contributed by atoms with van der Waals surface area (Å²) in [6.45, 7) is 12.3. The van der Waals surface area contributed by atoms with Crippen LogP contribution in [0.1, 0.15) is 63.2 Å². The van der Waals surface area contributed by atoms with Gasteiger partial charge >= 0.3 is 12.1 Å². The Bertz CT molecular complexity index is 1500. The molecule has 0 saturated carbocycles. The molecule has 0 amide bonds. The maximum atomic E-state index is 13.2. The third-order valence-corrected chi connectivity index (χ3v) is 7.36. The number of nitrogens with zero attached hydrogens (tertiary/aromatic N) is 1. The number of fused-ring (bicyclic) bond motifs is 1. The number of hydrogen-bond acceptors (Lipinski definition) is 6. The molecule has 0 fully saturated rings. The highest BCUT2D eigenvalue weighted by Gasteiger charge is 2.26. The lowest BCUT2D eigenvalue weighted by molar-refractivity contribution is 0.00704. The van der Waals surface area contributed by atoms with Crippen LogP contribution in [0.25, 0.3) is 10.9 Å². The number of halogens is 2. The SMILES string of the molecule is Cc1c(CCS(=O)(=O)Nc2ccc(Cl)cc2C(=O)OC(C)(C)C)c2cc(Br)ccc2n1C(=O)OC(C)(C)C. The Hall–Kier alpha value is -2.56. The van der Waals surface area contributed by atoms with E-state index in [1.165, 1.54) is 22.8 Å². The van der Waals surface area contributed by atoms with Gasteiger partial charge in [-0.25, -0.2) is 22.6 Å². The fourth-order valence-electron chi connectivity index (χ4n) is 3.88. The van der Waals surface area contributed by atoms with Crippen LogP contribution in [-0.2, 0) is 25.9 Å². The number of sulfonamides is 1. The lowest BCUT2D eigenvalue weighted by Gasteiger charge is -2.21. The second-order valence-corrected chi connectivity index (χ2v) is 14.1. The molecule has 0 bridgehead atoms. The average Bonchev–Trinajstić information content (AvgIpc) is 3.01. The fraction of sp³-hybridized carbons (Fsp3) is 0.407. The molecule has 0 saturated heterocycles. The third kappa shape index (κ3) is 7.51. The molecule has 0 aliphatic carbocycles. The van der Waals surface area contributed by atoms with Gasteiger partial charge in [-0.2, -0.15) is 0 Å². The van der Waals surface area contributed by atoms with Gasteiger partial charge in [0.05, 0.1) is 22.5 Å². The summed E-state index contributed by atoms with van der Waals surface area (Å²) in [6, 6.07) is 9.72. The molecule has 0 aliphatic rings. The molecule has 0 atom stereocenters. The van der Waals surface area contributed by atoms with Gasteiger partial charge in [0.25, 0.3) is 0 Å². The quantitative estimate of drug-likeness (QED) is 0.293. The fourth-order valence-corrected chi connectivity index (χ4v) is 5.50. The first-order chi connectivity index (χ1) is 17.4. The molecule has 38 heavy (non-hydrogen) atoms. The summed E-state index contributed by atoms with van der Waals surface area (Å²) in [5.74, 6) is -0.997. The van der Waals surface area contributed by atoms with Gasteiger partial charge in [0.1, 0.15) is 11.2 Å². The standard InChI is InChI=1S/C27H32BrClN2O6S/c1-16-19(20-14-17(28)8-11-23(20)31(16)25(33)37-27(5,6)7)12-13-38(34,35)30-22-10-9-18(29)15-21(22)24(32)36-26(2,3)4/h8-11,14-15,30H,12-13H2,1-7H3. The molecule has 206 valence electrons. The summed E-state index contributed by atoms with van der Waals surface area (Å²) in [6.07, 6.45) is -0.433. The van der Waals surface area contributed by atoms with Gasteiger partial charge in [0.15, 0.2) is 0 Å². The van der Waals surface area contributed by atoms with Gasteiger partial charge in [-0.3, -0.25) is 4.72 Å². The number of carbonyl (C=O) groups is 2. The maximum Gasteiger partial charge on any atom is 0.419 e. The number of ether oxygens (including phenoxy) is 2. The van der Waals surface area contributed by atoms with Crippen molar-refractivity contribution in [2.45, 2.75) is 66.1 Å². The van der Waals surface area contributed by atoms with E-state index >= 15 is 0 Å². The van der Waals surface area contributed by atoms with E-state index in [0.717, 1.165) is 9.86 Å². The first-order valence-electron chi connectivity index (χ1n) is 11.9. The van der Waals surface area contributed by atoms with Crippen molar-refractivity contribution in [2.75, 3.05) is 10.5 Å². The third-order valence-electron chi connectivity index (χ3n) is 5.36. The van der Waals surface area contributed by atoms with Crippen LogP contribution in [0.15, 0.2) is 40.9 Å². The van der Waals surface area contributed by atoms with E-state index in [1.54, 1.807) is 54.5 Å². The average molecular weight is 628 g/mol. The van der Waals surface area contributed by atoms with E-state index in [9.17, 15) is 18.0 Å². The van der Waals surface area contributed by atoms with Crippen molar-refractivity contribution in [1.82, 2.24) is 4.57 Å². The van der Waals surface area contributed by atoms with Crippen LogP contribution in [0, 0.1) is 6.92 Å². The van der Waals surface area contributed by atoms with Gasteiger partial charge in [0, 0.05) is 20.6 Å². The molecule has 3 rings (SSSR count). The molecular weight excluding hydrogens is 596 g/mol. The van der Waals surface area contributed by atoms with Crippen LogP contribution in [-0.4, -0.2) is 42.0 Å². The highest BCUT2D eigenvalue weighted by atomic mass is 79.9. The second kappa shape index (κ2) is 10.9. The Kier molecular flexibility index (Phi) is 8.60. The van der Waals surface area contributed by atoms with Crippen LogP contribution in [0.3, 0.4) is 0 Å². The smallest absolute Gasteiger partial charge is 0.419 e. The number of hydrogen-bond donors (Lipinski definition) is 1. The van der Waals surface area contributed by atoms with E-state index in [4.69, 9.17) is 21.1 Å². The summed E-state index contributed by atoms with van der Waals surface area (Å²) in [5.41, 5.74) is 0.503. The van der Waals surface area contributed by atoms with Crippen LogP contribution < -0.4 is 4.72 Å². The number of aromatic nitrogens is 1. The minimum atomic E-state index is -3.92. The van der Waals surface area contributed by atoms with Crippen LogP contribution in [0.2, 0.25) is 5.02 Å². The van der Waals surface area contributed by atoms with Crippen LogP contribution in [0.5, 0.6) is 0 Å². The highest BCUT2D eigenvalue weighted by molar-refractivity contribution is 9.10. The van der Waals surface area contributed by atoms with E-state index in [1.807, 2.05) is 12.1 Å². The number of benzene rings is 2. The Balaban J connectivity index is 1.93. The number of esters is 1. The predicted octanol–water partition coefficient (Wildman–Crippen LogP) is 7.09. The minimum Gasteiger partial charge on any atom is -0.456 e. The Morgan fingerprint density at radius 1 is 1.00 bits per heavy atom. The molecule has 3 aromatic rings. The second-order valence-electron chi connectivity index (χ2n) is 10.9. The van der Waals surface area contributed by atoms with E-state index in [0.29, 0.717) is 16.8 Å². The molecule has 0 aliphatic heterocycles. The van der Waals surface area contributed by atoms with Crippen molar-refractivity contribution < 1.29 is 27.5 Å². The zero-order valence-electron chi connectivity index (χ0n) is 22.4. The summed E-state index contributed by atoms with van der Waals surface area (Å²) < 4.78 is 42.1. The summed E-state index contributed by atoms with van der Waals surface area (Å²) in [7, 11) is -3.92. The topological polar surface area (TPSA) is 104 Å². The zero-order chi connectivity index (χ0) is 28.6. The molecule has 8 nitrogen and oxygen atoms in total. The van der Waals surface area contributed by atoms with Crippen molar-refractivity contribution in [3.05, 3.63) is 62.7 Å². The molecule has 1 N–H and O–H groups in total. The van der Waals surface area contributed by atoms with Gasteiger partial charge in [-0.15, -0.1) is 0 Å². The first-order valence-corrected chi connectivity index (χ1v) is 14.8. The molecule has 1 aromatic heterocycles. The normalized spacial score (nSPS) is 12.4. The molecule has 1 heterocycles. The lowest BCUT2D eigenvalue weighted by Crippen LogP contribution is -2.27. The van der Waals surface area contributed by atoms with Crippen LogP contribution >= 0.6 is 27.5 Å². The number of nitrogens with one attached hydrogen (secondary N) is 1. The zero-order valence-corrected chi connectivity index (χ0v) is 25.6. The molecule has 0 spiro atoms. The predicted molar refractivity (Wildman–Crippen MR) is 154 cm³/mol. The molecule has 0 unspecified atom stereocenters. The largest absolute Gasteiger partial charge is 0.456 e. The Morgan fingerprint density at radius 3 is 2.24 bits per heavy atom. The summed E-state index contributed by atoms with van der Waals surface area (Å²) >= 11 is 9.53. The monoisotopic (exact) mass is 626 g/mol. The highest BCUT2D eigenvalue weighted by Crippen LogP contribution is 2.31. The van der Waals surface area contributed by atoms with Crippen molar-refractivity contribution in [3.63, 3.8) is 0 Å². The first kappa shape index (κ1) is 30.0. The van der Waals surface area contributed by atoms with Gasteiger partial charge in [0.2, 0.25) is 10.0 Å². The molecular formula is C27H32BrClN2O6S. The van der Waals surface area contributed by atoms with Crippen molar-refractivity contribution in [1.29, 1.82) is 0 Å². The van der Waals surface area contributed by atoms with Crippen molar-refractivity contribution in [2.24, 2.45) is 0 Å². The number of rotatable bonds is 6. The number of carbonyl (C=O) groups excluding carboxylic acids is 2. The maximum absolute atomic E-state index is 13.2. The van der Waals surface area contributed by atoms with Crippen molar-refractivity contribution in [3.8, 4) is 0 Å². The van der Waals surface area contributed by atoms with E-state index < -0.39 is 33.3 Å². The van der Waals surface area contributed by atoms with Gasteiger partial charge in [-0.05, 0) is 96.8 Å². The number of aryl methyl sites for hydroxylation is 1. The number of anilines is 1. The van der Waals surface area contributed by atoms with Gasteiger partial charge < -0.3 is 9.47 Å². The Morgan fingerprint density at radius 2 is 1.63 bits per heavy atom. The molecule has 0 radical (unpaired) electrons. The lowest BCUT2D eigenvalue weighted by atomic mass is 10.1. The van der Waals surface area contributed by atoms with Crippen LogP contribution in [0.4, 0.5) is 10.5 Å². The molecule has 11 heteroatoms. The van der Waals surface area contributed by atoms with E-state index in [2.05, 4.69) is 20.7 Å². The van der Waals surface area contributed by atoms with E-state index in [-0.39, 0.29) is 28.4 Å². The van der Waals surface area contributed by atoms with Crippen molar-refractivity contribution >= 4 is 66.2 Å². The Labute approximate surface area is 236 Å². The molecule has 2 aromatic carbocycles. The van der Waals surface area contributed by atoms with Gasteiger partial charge in [-0.1, -0.05) is 27.5 Å². The minimum absolute atomic E-state index is 0.0117. The summed E-state index contributed by atoms with van der Waals surface area (Å²) in [4.78, 5) is 25.7. The summed E-state index contributed by atoms with van der Waals surface area (Å²) in [5, 5.41) is 1.00.